The molecule has 0 aliphatic heterocycles. The van der Waals surface area contributed by atoms with E-state index in [0.29, 0.717) is 22.2 Å². The van der Waals surface area contributed by atoms with E-state index in [4.69, 9.17) is 0 Å². The summed E-state index contributed by atoms with van der Waals surface area (Å²) < 4.78 is 25.2. The van der Waals surface area contributed by atoms with Crippen molar-refractivity contribution >= 4 is 37.7 Å². The van der Waals surface area contributed by atoms with Crippen LogP contribution in [0.5, 0.6) is 0 Å². The Kier molecular flexibility index (Phi) is 5.38. The van der Waals surface area contributed by atoms with Crippen molar-refractivity contribution in [2.75, 3.05) is 23.3 Å². The van der Waals surface area contributed by atoms with E-state index in [9.17, 15) is 8.78 Å². The van der Waals surface area contributed by atoms with Gasteiger partial charge in [0.15, 0.2) is 0 Å². The standard InChI is InChI=1S/C8H9Br2F2N3/c9-1-2-15(4-7(11)12)8-6(10)3-13-5-14-8/h3,5,7H,1-2,4H2. The van der Waals surface area contributed by atoms with Gasteiger partial charge in [-0.2, -0.15) is 0 Å². The molecule has 0 amide bonds. The van der Waals surface area contributed by atoms with E-state index in [1.807, 2.05) is 0 Å². The molecule has 84 valence electrons. The minimum atomic E-state index is -2.38. The zero-order valence-electron chi connectivity index (χ0n) is 7.71. The molecule has 0 bridgehead atoms. The van der Waals surface area contributed by atoms with Crippen LogP contribution >= 0.6 is 31.9 Å². The van der Waals surface area contributed by atoms with Crippen molar-refractivity contribution < 1.29 is 8.78 Å². The number of anilines is 1. The maximum Gasteiger partial charge on any atom is 0.255 e. The fourth-order valence-electron chi connectivity index (χ4n) is 1.09. The van der Waals surface area contributed by atoms with E-state index in [0.717, 1.165) is 0 Å². The van der Waals surface area contributed by atoms with Crippen molar-refractivity contribution in [3.8, 4) is 0 Å². The molecule has 0 spiro atoms. The molecule has 1 aromatic heterocycles. The molecule has 15 heavy (non-hydrogen) atoms. The zero-order valence-corrected chi connectivity index (χ0v) is 10.9. The van der Waals surface area contributed by atoms with Crippen molar-refractivity contribution in [1.29, 1.82) is 0 Å². The first kappa shape index (κ1) is 12.8. The fraction of sp³-hybridized carbons (Fsp3) is 0.500. The Hall–Kier alpha value is -0.300. The van der Waals surface area contributed by atoms with Crippen LogP contribution in [0.3, 0.4) is 0 Å². The van der Waals surface area contributed by atoms with Crippen LogP contribution in [-0.4, -0.2) is 34.8 Å². The summed E-state index contributed by atoms with van der Waals surface area (Å²) in [6.45, 7) is 0.140. The minimum absolute atomic E-state index is 0.332. The molecule has 0 radical (unpaired) electrons. The average molecular weight is 345 g/mol. The van der Waals surface area contributed by atoms with E-state index in [1.54, 1.807) is 0 Å². The van der Waals surface area contributed by atoms with Crippen LogP contribution in [0.15, 0.2) is 17.0 Å². The lowest BCUT2D eigenvalue weighted by atomic mass is 10.4. The highest BCUT2D eigenvalue weighted by molar-refractivity contribution is 9.10. The van der Waals surface area contributed by atoms with Gasteiger partial charge in [0.2, 0.25) is 0 Å². The second kappa shape index (κ2) is 6.32. The molecule has 0 N–H and O–H groups in total. The Morgan fingerprint density at radius 1 is 1.47 bits per heavy atom. The molecule has 0 saturated heterocycles. The highest BCUT2D eigenvalue weighted by Gasteiger charge is 2.15. The van der Waals surface area contributed by atoms with Gasteiger partial charge in [-0.25, -0.2) is 18.7 Å². The first-order valence-electron chi connectivity index (χ1n) is 4.19. The Bertz CT molecular complexity index is 312. The number of rotatable bonds is 5. The quantitative estimate of drug-likeness (QED) is 0.769. The monoisotopic (exact) mass is 343 g/mol. The second-order valence-electron chi connectivity index (χ2n) is 2.72. The third-order valence-electron chi connectivity index (χ3n) is 1.66. The van der Waals surface area contributed by atoms with Crippen molar-refractivity contribution in [2.24, 2.45) is 0 Å². The Morgan fingerprint density at radius 2 is 2.20 bits per heavy atom. The van der Waals surface area contributed by atoms with Gasteiger partial charge in [-0.05, 0) is 15.9 Å². The van der Waals surface area contributed by atoms with Gasteiger partial charge in [-0.3, -0.25) is 0 Å². The third kappa shape index (κ3) is 3.98. The van der Waals surface area contributed by atoms with E-state index < -0.39 is 6.43 Å². The Balaban J connectivity index is 2.83. The third-order valence-corrected chi connectivity index (χ3v) is 2.57. The second-order valence-corrected chi connectivity index (χ2v) is 4.37. The van der Waals surface area contributed by atoms with Crippen LogP contribution in [-0.2, 0) is 0 Å². The molecule has 0 unspecified atom stereocenters. The molecule has 1 heterocycles. The molecule has 1 aromatic rings. The number of hydrogen-bond donors (Lipinski definition) is 0. The molecule has 1 rings (SSSR count). The van der Waals surface area contributed by atoms with Gasteiger partial charge < -0.3 is 4.90 Å². The summed E-state index contributed by atoms with van der Waals surface area (Å²) in [5.74, 6) is 0.491. The van der Waals surface area contributed by atoms with E-state index in [2.05, 4.69) is 41.8 Å². The van der Waals surface area contributed by atoms with Crippen LogP contribution in [0, 0.1) is 0 Å². The lowest BCUT2D eigenvalue weighted by Crippen LogP contribution is -2.31. The van der Waals surface area contributed by atoms with Crippen LogP contribution in [0.2, 0.25) is 0 Å². The lowest BCUT2D eigenvalue weighted by Gasteiger charge is -2.22. The molecule has 3 nitrogen and oxygen atoms in total. The molecule has 0 aliphatic carbocycles. The molecule has 0 atom stereocenters. The summed E-state index contributed by atoms with van der Waals surface area (Å²) in [5.41, 5.74) is 0. The van der Waals surface area contributed by atoms with E-state index >= 15 is 0 Å². The minimum Gasteiger partial charge on any atom is -0.349 e. The molecule has 0 saturated carbocycles. The maximum atomic E-state index is 12.3. The van der Waals surface area contributed by atoms with E-state index in [-0.39, 0.29) is 6.54 Å². The summed E-state index contributed by atoms with van der Waals surface area (Å²) >= 11 is 6.45. The van der Waals surface area contributed by atoms with Crippen LogP contribution in [0.25, 0.3) is 0 Å². The zero-order chi connectivity index (χ0) is 11.3. The Labute approximate surface area is 103 Å². The van der Waals surface area contributed by atoms with Gasteiger partial charge in [0, 0.05) is 18.1 Å². The maximum absolute atomic E-state index is 12.3. The summed E-state index contributed by atoms with van der Waals surface area (Å²) in [5, 5.41) is 0.607. The topological polar surface area (TPSA) is 29.0 Å². The summed E-state index contributed by atoms with van der Waals surface area (Å²) in [4.78, 5) is 9.25. The molecule has 7 heteroatoms. The fourth-order valence-corrected chi connectivity index (χ4v) is 1.99. The van der Waals surface area contributed by atoms with Crippen molar-refractivity contribution in [2.45, 2.75) is 6.43 Å². The molecular formula is C8H9Br2F2N3. The van der Waals surface area contributed by atoms with Crippen molar-refractivity contribution in [1.82, 2.24) is 9.97 Å². The average Bonchev–Trinajstić information content (AvgIpc) is 2.17. The predicted octanol–water partition coefficient (Wildman–Crippen LogP) is 2.71. The molecule has 0 fully saturated rings. The van der Waals surface area contributed by atoms with Gasteiger partial charge in [0.25, 0.3) is 6.43 Å². The first-order valence-corrected chi connectivity index (χ1v) is 6.11. The summed E-state index contributed by atoms with van der Waals surface area (Å²) in [6.07, 6.45) is 0.493. The number of nitrogens with zero attached hydrogens (tertiary/aromatic N) is 3. The van der Waals surface area contributed by atoms with Gasteiger partial charge in [-0.1, -0.05) is 15.9 Å². The van der Waals surface area contributed by atoms with Gasteiger partial charge >= 0.3 is 0 Å². The number of hydrogen-bond acceptors (Lipinski definition) is 3. The summed E-state index contributed by atoms with van der Waals surface area (Å²) in [6, 6.07) is 0. The van der Waals surface area contributed by atoms with Gasteiger partial charge in [0.1, 0.15) is 12.1 Å². The number of aromatic nitrogens is 2. The molecule has 0 aromatic carbocycles. The first-order chi connectivity index (χ1) is 7.15. The van der Waals surface area contributed by atoms with Crippen molar-refractivity contribution in [3.63, 3.8) is 0 Å². The number of halogens is 4. The van der Waals surface area contributed by atoms with Gasteiger partial charge in [0.05, 0.1) is 11.0 Å². The Morgan fingerprint density at radius 3 is 2.73 bits per heavy atom. The van der Waals surface area contributed by atoms with Crippen LogP contribution < -0.4 is 4.90 Å². The normalized spacial score (nSPS) is 10.7. The van der Waals surface area contributed by atoms with Gasteiger partial charge in [-0.15, -0.1) is 0 Å². The smallest absolute Gasteiger partial charge is 0.255 e. The van der Waals surface area contributed by atoms with E-state index in [1.165, 1.54) is 17.4 Å². The lowest BCUT2D eigenvalue weighted by molar-refractivity contribution is 0.155. The molecule has 0 aliphatic rings. The molecular weight excluding hydrogens is 336 g/mol. The number of alkyl halides is 3. The summed E-state index contributed by atoms with van der Waals surface area (Å²) in [7, 11) is 0. The van der Waals surface area contributed by atoms with Crippen molar-refractivity contribution in [3.05, 3.63) is 17.0 Å². The largest absolute Gasteiger partial charge is 0.349 e. The predicted molar refractivity (Wildman–Crippen MR) is 61.7 cm³/mol. The highest BCUT2D eigenvalue weighted by Crippen LogP contribution is 2.22. The van der Waals surface area contributed by atoms with Crippen LogP contribution in [0.4, 0.5) is 14.6 Å². The SMILES string of the molecule is FC(F)CN(CCBr)c1ncncc1Br. The highest BCUT2D eigenvalue weighted by atomic mass is 79.9. The van der Waals surface area contributed by atoms with Crippen LogP contribution in [0.1, 0.15) is 0 Å².